The lowest BCUT2D eigenvalue weighted by molar-refractivity contribution is 0.373. The van der Waals surface area contributed by atoms with Crippen molar-refractivity contribution < 1.29 is 23.0 Å². The van der Waals surface area contributed by atoms with Gasteiger partial charge in [0, 0.05) is 12.0 Å². The quantitative estimate of drug-likeness (QED) is 0.653. The number of benzene rings is 3. The zero-order valence-electron chi connectivity index (χ0n) is 16.9. The minimum Gasteiger partial charge on any atom is -0.504 e. The molecule has 6 nitrogen and oxygen atoms in total. The number of hydrogen-bond donors (Lipinski definition) is 1. The minimum atomic E-state index is -3.87. The molecule has 156 valence electrons. The summed E-state index contributed by atoms with van der Waals surface area (Å²) in [6.07, 6.45) is 0. The van der Waals surface area contributed by atoms with Gasteiger partial charge in [0.05, 0.1) is 30.8 Å². The SMILES string of the molecule is COc1ccc([C@@H]2[C@@H](C)c3cc(O)c(OC)cc3N2S(=O)(=O)c2ccccc2)cc1. The molecular formula is C23H23NO5S. The molecule has 0 unspecified atom stereocenters. The van der Waals surface area contributed by atoms with Crippen molar-refractivity contribution in [3.63, 3.8) is 0 Å². The summed E-state index contributed by atoms with van der Waals surface area (Å²) in [5.74, 6) is 0.711. The Balaban J connectivity index is 1.94. The molecule has 0 aromatic heterocycles. The van der Waals surface area contributed by atoms with Crippen LogP contribution in [0.15, 0.2) is 71.6 Å². The second-order valence-corrected chi connectivity index (χ2v) is 9.02. The smallest absolute Gasteiger partial charge is 0.264 e. The van der Waals surface area contributed by atoms with E-state index in [0.717, 1.165) is 11.1 Å². The van der Waals surface area contributed by atoms with Crippen molar-refractivity contribution in [1.82, 2.24) is 0 Å². The molecule has 0 radical (unpaired) electrons. The fraction of sp³-hybridized carbons (Fsp3) is 0.217. The van der Waals surface area contributed by atoms with Gasteiger partial charge in [-0.15, -0.1) is 0 Å². The Morgan fingerprint density at radius 2 is 1.60 bits per heavy atom. The Labute approximate surface area is 176 Å². The highest BCUT2D eigenvalue weighted by Crippen LogP contribution is 2.54. The van der Waals surface area contributed by atoms with Gasteiger partial charge in [-0.3, -0.25) is 4.31 Å². The predicted molar refractivity (Wildman–Crippen MR) is 115 cm³/mol. The average Bonchev–Trinajstić information content (AvgIpc) is 3.06. The first-order valence-electron chi connectivity index (χ1n) is 9.52. The summed E-state index contributed by atoms with van der Waals surface area (Å²) in [6.45, 7) is 1.96. The van der Waals surface area contributed by atoms with Gasteiger partial charge in [0.25, 0.3) is 10.0 Å². The number of hydrogen-bond acceptors (Lipinski definition) is 5. The van der Waals surface area contributed by atoms with Gasteiger partial charge >= 0.3 is 0 Å². The van der Waals surface area contributed by atoms with E-state index in [2.05, 4.69) is 0 Å². The lowest BCUT2D eigenvalue weighted by Crippen LogP contribution is -2.33. The number of rotatable bonds is 5. The van der Waals surface area contributed by atoms with Crippen LogP contribution < -0.4 is 13.8 Å². The van der Waals surface area contributed by atoms with Crippen molar-refractivity contribution >= 4 is 15.7 Å². The van der Waals surface area contributed by atoms with Gasteiger partial charge in [0.2, 0.25) is 0 Å². The normalized spacial score (nSPS) is 18.2. The van der Waals surface area contributed by atoms with Gasteiger partial charge in [0.15, 0.2) is 11.5 Å². The van der Waals surface area contributed by atoms with Crippen LogP contribution in [0.25, 0.3) is 0 Å². The molecule has 0 saturated heterocycles. The van der Waals surface area contributed by atoms with Crippen molar-refractivity contribution in [2.75, 3.05) is 18.5 Å². The summed E-state index contributed by atoms with van der Waals surface area (Å²) in [4.78, 5) is 0.204. The maximum absolute atomic E-state index is 13.7. The van der Waals surface area contributed by atoms with E-state index >= 15 is 0 Å². The molecule has 0 saturated carbocycles. The predicted octanol–water partition coefficient (Wildman–Crippen LogP) is 4.46. The number of phenols is 1. The number of phenolic OH excluding ortho intramolecular Hbond substituents is 1. The monoisotopic (exact) mass is 425 g/mol. The molecule has 0 bridgehead atoms. The van der Waals surface area contributed by atoms with Crippen molar-refractivity contribution in [3.05, 3.63) is 77.9 Å². The van der Waals surface area contributed by atoms with E-state index in [0.29, 0.717) is 11.4 Å². The molecule has 0 fully saturated rings. The number of aromatic hydroxyl groups is 1. The lowest BCUT2D eigenvalue weighted by atomic mass is 9.92. The van der Waals surface area contributed by atoms with Gasteiger partial charge < -0.3 is 14.6 Å². The van der Waals surface area contributed by atoms with E-state index in [-0.39, 0.29) is 22.3 Å². The molecule has 2 atom stereocenters. The standard InChI is InChI=1S/C23H23NO5S/c1-15-19-13-21(25)22(29-3)14-20(19)24(30(26,27)18-7-5-4-6-8-18)23(15)16-9-11-17(28-2)12-10-16/h4-15,23,25H,1-3H3/t15-,23-/m0/s1. The van der Waals surface area contributed by atoms with E-state index in [1.165, 1.54) is 11.4 Å². The van der Waals surface area contributed by atoms with Crippen LogP contribution in [0.1, 0.15) is 30.0 Å². The molecule has 7 heteroatoms. The molecular weight excluding hydrogens is 402 g/mol. The number of fused-ring (bicyclic) bond motifs is 1. The Morgan fingerprint density at radius 1 is 0.933 bits per heavy atom. The number of sulfonamides is 1. The summed E-state index contributed by atoms with van der Waals surface area (Å²) in [7, 11) is -0.842. The molecule has 3 aromatic rings. The van der Waals surface area contributed by atoms with Gasteiger partial charge in [-0.25, -0.2) is 8.42 Å². The second-order valence-electron chi connectivity index (χ2n) is 7.20. The summed E-state index contributed by atoms with van der Waals surface area (Å²) in [6, 6.07) is 18.4. The van der Waals surface area contributed by atoms with E-state index in [9.17, 15) is 13.5 Å². The Kier molecular flexibility index (Phi) is 5.07. The van der Waals surface area contributed by atoms with E-state index in [1.54, 1.807) is 49.6 Å². The molecule has 1 heterocycles. The third-order valence-electron chi connectivity index (χ3n) is 5.54. The Morgan fingerprint density at radius 3 is 2.20 bits per heavy atom. The van der Waals surface area contributed by atoms with Gasteiger partial charge in [0.1, 0.15) is 5.75 Å². The van der Waals surface area contributed by atoms with Crippen LogP contribution in [-0.2, 0) is 10.0 Å². The van der Waals surface area contributed by atoms with Crippen molar-refractivity contribution in [1.29, 1.82) is 0 Å². The van der Waals surface area contributed by atoms with Crippen LogP contribution in [0.4, 0.5) is 5.69 Å². The van der Waals surface area contributed by atoms with Crippen LogP contribution >= 0.6 is 0 Å². The fourth-order valence-corrected chi connectivity index (χ4v) is 5.77. The van der Waals surface area contributed by atoms with Crippen molar-refractivity contribution in [2.45, 2.75) is 23.8 Å². The largest absolute Gasteiger partial charge is 0.504 e. The third kappa shape index (κ3) is 3.15. The molecule has 1 aliphatic rings. The molecule has 30 heavy (non-hydrogen) atoms. The van der Waals surface area contributed by atoms with E-state index in [4.69, 9.17) is 9.47 Å². The highest BCUT2D eigenvalue weighted by molar-refractivity contribution is 7.92. The summed E-state index contributed by atoms with van der Waals surface area (Å²) < 4.78 is 39.4. The first-order chi connectivity index (χ1) is 14.4. The number of nitrogens with zero attached hydrogens (tertiary/aromatic N) is 1. The summed E-state index contributed by atoms with van der Waals surface area (Å²) >= 11 is 0. The van der Waals surface area contributed by atoms with Crippen molar-refractivity contribution in [3.8, 4) is 17.2 Å². The van der Waals surface area contributed by atoms with Crippen LogP contribution in [-0.4, -0.2) is 27.7 Å². The molecule has 3 aromatic carbocycles. The first-order valence-corrected chi connectivity index (χ1v) is 11.0. The zero-order valence-corrected chi connectivity index (χ0v) is 17.8. The van der Waals surface area contributed by atoms with Crippen molar-refractivity contribution in [2.24, 2.45) is 0 Å². The van der Waals surface area contributed by atoms with Crippen LogP contribution in [0.2, 0.25) is 0 Å². The maximum Gasteiger partial charge on any atom is 0.264 e. The summed E-state index contributed by atoms with van der Waals surface area (Å²) in [5.41, 5.74) is 2.08. The average molecular weight is 426 g/mol. The highest BCUT2D eigenvalue weighted by Gasteiger charge is 2.44. The topological polar surface area (TPSA) is 76.1 Å². The highest BCUT2D eigenvalue weighted by atomic mass is 32.2. The first kappa shape index (κ1) is 20.1. The molecule has 0 spiro atoms. The molecule has 1 N–H and O–H groups in total. The van der Waals surface area contributed by atoms with Crippen LogP contribution in [0.3, 0.4) is 0 Å². The maximum atomic E-state index is 13.7. The number of anilines is 1. The fourth-order valence-electron chi connectivity index (χ4n) is 4.03. The van der Waals surface area contributed by atoms with E-state index < -0.39 is 16.1 Å². The van der Waals surface area contributed by atoms with E-state index in [1.807, 2.05) is 31.2 Å². The molecule has 0 amide bonds. The Bertz CT molecular complexity index is 1160. The van der Waals surface area contributed by atoms with Gasteiger partial charge in [-0.1, -0.05) is 37.3 Å². The number of ether oxygens (including phenoxy) is 2. The second kappa shape index (κ2) is 7.57. The Hall–Kier alpha value is -3.19. The zero-order chi connectivity index (χ0) is 21.5. The molecule has 0 aliphatic carbocycles. The lowest BCUT2D eigenvalue weighted by Gasteiger charge is -2.29. The number of methoxy groups -OCH3 is 2. The molecule has 1 aliphatic heterocycles. The minimum absolute atomic E-state index is 0.0180. The van der Waals surface area contributed by atoms with Crippen LogP contribution in [0, 0.1) is 0 Å². The summed E-state index contributed by atoms with van der Waals surface area (Å²) in [5, 5.41) is 10.3. The third-order valence-corrected chi connectivity index (χ3v) is 7.35. The van der Waals surface area contributed by atoms with Gasteiger partial charge in [-0.2, -0.15) is 0 Å². The van der Waals surface area contributed by atoms with Crippen LogP contribution in [0.5, 0.6) is 17.2 Å². The van der Waals surface area contributed by atoms with Gasteiger partial charge in [-0.05, 0) is 41.5 Å². The molecule has 4 rings (SSSR count).